The van der Waals surface area contributed by atoms with Crippen LogP contribution in [0.1, 0.15) is 34.5 Å². The van der Waals surface area contributed by atoms with E-state index in [1.165, 1.54) is 11.3 Å². The molecule has 0 unspecified atom stereocenters. The number of nitrogens with zero attached hydrogens (tertiary/aromatic N) is 3. The van der Waals surface area contributed by atoms with Crippen molar-refractivity contribution >= 4 is 11.6 Å². The summed E-state index contributed by atoms with van der Waals surface area (Å²) in [7, 11) is 0. The first kappa shape index (κ1) is 16.9. The lowest BCUT2D eigenvalue weighted by atomic mass is 10.2. The van der Waals surface area contributed by atoms with Gasteiger partial charge in [0.2, 0.25) is 0 Å². The third-order valence-corrected chi connectivity index (χ3v) is 3.61. The molecular formula is C18H24N4O. The van der Waals surface area contributed by atoms with Crippen molar-refractivity contribution in [2.24, 2.45) is 0 Å². The zero-order valence-electron chi connectivity index (χ0n) is 14.3. The second kappa shape index (κ2) is 7.72. The molecule has 2 rings (SSSR count). The zero-order valence-corrected chi connectivity index (χ0v) is 14.3. The van der Waals surface area contributed by atoms with Crippen LogP contribution in [0.4, 0.5) is 5.69 Å². The van der Waals surface area contributed by atoms with Gasteiger partial charge in [-0.15, -0.1) is 0 Å². The summed E-state index contributed by atoms with van der Waals surface area (Å²) in [5.41, 5.74) is 3.64. The summed E-state index contributed by atoms with van der Waals surface area (Å²) in [6.07, 6.45) is 0. The van der Waals surface area contributed by atoms with Gasteiger partial charge < -0.3 is 10.2 Å². The van der Waals surface area contributed by atoms with Crippen molar-refractivity contribution in [3.8, 4) is 0 Å². The van der Waals surface area contributed by atoms with E-state index in [1.54, 1.807) is 13.0 Å². The summed E-state index contributed by atoms with van der Waals surface area (Å²) in [4.78, 5) is 22.8. The van der Waals surface area contributed by atoms with Crippen LogP contribution in [0, 0.1) is 20.8 Å². The summed E-state index contributed by atoms with van der Waals surface area (Å²) < 4.78 is 0. The van der Waals surface area contributed by atoms with Crippen molar-refractivity contribution in [2.75, 3.05) is 24.5 Å². The summed E-state index contributed by atoms with van der Waals surface area (Å²) in [6.45, 7) is 10.1. The van der Waals surface area contributed by atoms with Crippen LogP contribution in [0.25, 0.3) is 0 Å². The van der Waals surface area contributed by atoms with Gasteiger partial charge in [-0.1, -0.05) is 12.1 Å². The first-order valence-electron chi connectivity index (χ1n) is 7.91. The van der Waals surface area contributed by atoms with Gasteiger partial charge in [0.1, 0.15) is 11.5 Å². The number of anilines is 1. The molecule has 122 valence electrons. The predicted molar refractivity (Wildman–Crippen MR) is 92.9 cm³/mol. The van der Waals surface area contributed by atoms with E-state index in [1.807, 2.05) is 6.92 Å². The van der Waals surface area contributed by atoms with E-state index < -0.39 is 0 Å². The summed E-state index contributed by atoms with van der Waals surface area (Å²) in [5, 5.41) is 2.93. The average molecular weight is 312 g/mol. The molecular weight excluding hydrogens is 288 g/mol. The van der Waals surface area contributed by atoms with Crippen molar-refractivity contribution in [1.29, 1.82) is 0 Å². The minimum Gasteiger partial charge on any atom is -0.370 e. The Labute approximate surface area is 137 Å². The first-order chi connectivity index (χ1) is 11.0. The fourth-order valence-corrected chi connectivity index (χ4v) is 2.52. The Morgan fingerprint density at radius 1 is 1.17 bits per heavy atom. The van der Waals surface area contributed by atoms with Crippen LogP contribution in [0.3, 0.4) is 0 Å². The monoisotopic (exact) mass is 312 g/mol. The highest BCUT2D eigenvalue weighted by Crippen LogP contribution is 2.15. The molecule has 1 amide bonds. The molecule has 0 fully saturated rings. The number of nitrogens with one attached hydrogen (secondary N) is 1. The molecule has 1 aromatic carbocycles. The van der Waals surface area contributed by atoms with E-state index >= 15 is 0 Å². The second-order valence-corrected chi connectivity index (χ2v) is 5.62. The summed E-state index contributed by atoms with van der Waals surface area (Å²) >= 11 is 0. The van der Waals surface area contributed by atoms with Gasteiger partial charge in [-0.3, -0.25) is 4.79 Å². The Morgan fingerprint density at radius 2 is 1.96 bits per heavy atom. The van der Waals surface area contributed by atoms with E-state index in [-0.39, 0.29) is 5.91 Å². The normalized spacial score (nSPS) is 10.4. The third kappa shape index (κ3) is 4.77. The molecule has 0 aliphatic carbocycles. The van der Waals surface area contributed by atoms with Crippen molar-refractivity contribution in [3.05, 3.63) is 53.1 Å². The SMILES string of the molecule is CCN(CCNC(=O)c1cc(C)nc(C)n1)c1cccc(C)c1. The number of amides is 1. The fourth-order valence-electron chi connectivity index (χ4n) is 2.52. The van der Waals surface area contributed by atoms with Gasteiger partial charge >= 0.3 is 0 Å². The van der Waals surface area contributed by atoms with Gasteiger partial charge in [-0.2, -0.15) is 0 Å². The topological polar surface area (TPSA) is 58.1 Å². The van der Waals surface area contributed by atoms with Crippen molar-refractivity contribution in [3.63, 3.8) is 0 Å². The van der Waals surface area contributed by atoms with Gasteiger partial charge in [-0.05, 0) is 51.5 Å². The Bertz CT molecular complexity index is 664. The molecule has 0 atom stereocenters. The third-order valence-electron chi connectivity index (χ3n) is 3.61. The van der Waals surface area contributed by atoms with Crippen LogP contribution < -0.4 is 10.2 Å². The molecule has 2 aromatic rings. The van der Waals surface area contributed by atoms with Crippen LogP contribution >= 0.6 is 0 Å². The highest BCUT2D eigenvalue weighted by Gasteiger charge is 2.10. The minimum absolute atomic E-state index is 0.154. The van der Waals surface area contributed by atoms with Crippen molar-refractivity contribution in [2.45, 2.75) is 27.7 Å². The van der Waals surface area contributed by atoms with E-state index in [9.17, 15) is 4.79 Å². The van der Waals surface area contributed by atoms with Crippen LogP contribution in [-0.4, -0.2) is 35.5 Å². The highest BCUT2D eigenvalue weighted by molar-refractivity contribution is 5.92. The van der Waals surface area contributed by atoms with Crippen molar-refractivity contribution < 1.29 is 4.79 Å². The fraction of sp³-hybridized carbons (Fsp3) is 0.389. The predicted octanol–water partition coefficient (Wildman–Crippen LogP) is 2.66. The summed E-state index contributed by atoms with van der Waals surface area (Å²) in [6, 6.07) is 10.1. The molecule has 0 aliphatic heterocycles. The van der Waals surface area contributed by atoms with Gasteiger partial charge in [0.15, 0.2) is 0 Å². The molecule has 0 bridgehead atoms. The number of benzene rings is 1. The van der Waals surface area contributed by atoms with Crippen LogP contribution in [-0.2, 0) is 0 Å². The maximum Gasteiger partial charge on any atom is 0.270 e. The molecule has 0 spiro atoms. The smallest absolute Gasteiger partial charge is 0.270 e. The maximum absolute atomic E-state index is 12.2. The van der Waals surface area contributed by atoms with E-state index in [2.05, 4.69) is 58.3 Å². The van der Waals surface area contributed by atoms with Gasteiger partial charge in [0.25, 0.3) is 5.91 Å². The number of aryl methyl sites for hydroxylation is 3. The number of carbonyl (C=O) groups excluding carboxylic acids is 1. The van der Waals surface area contributed by atoms with Crippen LogP contribution in [0.2, 0.25) is 0 Å². The molecule has 0 saturated heterocycles. The van der Waals surface area contributed by atoms with Crippen LogP contribution in [0.5, 0.6) is 0 Å². The van der Waals surface area contributed by atoms with Crippen molar-refractivity contribution in [1.82, 2.24) is 15.3 Å². The van der Waals surface area contributed by atoms with E-state index in [0.29, 0.717) is 18.1 Å². The highest BCUT2D eigenvalue weighted by atomic mass is 16.1. The lowest BCUT2D eigenvalue weighted by Crippen LogP contribution is -2.35. The molecule has 5 nitrogen and oxygen atoms in total. The molecule has 1 N–H and O–H groups in total. The Hall–Kier alpha value is -2.43. The number of hydrogen-bond acceptors (Lipinski definition) is 4. The van der Waals surface area contributed by atoms with Gasteiger partial charge in [0.05, 0.1) is 0 Å². The number of aromatic nitrogens is 2. The Balaban J connectivity index is 1.93. The second-order valence-electron chi connectivity index (χ2n) is 5.62. The standard InChI is InChI=1S/C18H24N4O/c1-5-22(16-8-6-7-13(2)11-16)10-9-19-18(23)17-12-14(3)20-15(4)21-17/h6-8,11-12H,5,9-10H2,1-4H3,(H,19,23). The molecule has 0 aliphatic rings. The summed E-state index contributed by atoms with van der Waals surface area (Å²) in [5.74, 6) is 0.462. The molecule has 0 radical (unpaired) electrons. The van der Waals surface area contributed by atoms with Gasteiger partial charge in [-0.25, -0.2) is 9.97 Å². The molecule has 23 heavy (non-hydrogen) atoms. The quantitative estimate of drug-likeness (QED) is 0.891. The Morgan fingerprint density at radius 3 is 2.61 bits per heavy atom. The maximum atomic E-state index is 12.2. The zero-order chi connectivity index (χ0) is 16.8. The first-order valence-corrected chi connectivity index (χ1v) is 7.91. The molecule has 5 heteroatoms. The number of carbonyl (C=O) groups is 1. The molecule has 1 heterocycles. The number of likely N-dealkylation sites (N-methyl/N-ethyl adjacent to an activating group) is 1. The lowest BCUT2D eigenvalue weighted by molar-refractivity contribution is 0.0949. The molecule has 1 aromatic heterocycles. The lowest BCUT2D eigenvalue weighted by Gasteiger charge is -2.23. The van der Waals surface area contributed by atoms with E-state index in [4.69, 9.17) is 0 Å². The van der Waals surface area contributed by atoms with Crippen LogP contribution in [0.15, 0.2) is 30.3 Å². The van der Waals surface area contributed by atoms with E-state index in [0.717, 1.165) is 18.8 Å². The Kier molecular flexibility index (Phi) is 5.68. The largest absolute Gasteiger partial charge is 0.370 e. The minimum atomic E-state index is -0.154. The molecule has 0 saturated carbocycles. The number of rotatable bonds is 6. The number of hydrogen-bond donors (Lipinski definition) is 1. The average Bonchev–Trinajstić information content (AvgIpc) is 2.50. The van der Waals surface area contributed by atoms with Gasteiger partial charge in [0, 0.05) is 31.0 Å².